The van der Waals surface area contributed by atoms with E-state index in [0.29, 0.717) is 12.5 Å². The number of alkyl carbamates (subject to hydrolysis) is 1. The number of hydrogen-bond donors (Lipinski definition) is 1. The average molecular weight is 325 g/mol. The molecular formula is C19H23N3O2. The van der Waals surface area contributed by atoms with Crippen LogP contribution in [0.3, 0.4) is 0 Å². The lowest BCUT2D eigenvalue weighted by molar-refractivity contribution is 0.166. The predicted molar refractivity (Wildman–Crippen MR) is 96.1 cm³/mol. The van der Waals surface area contributed by atoms with E-state index >= 15 is 0 Å². The Labute approximate surface area is 142 Å². The summed E-state index contributed by atoms with van der Waals surface area (Å²) in [5.41, 5.74) is 1.02. The van der Waals surface area contributed by atoms with Gasteiger partial charge >= 0.3 is 6.09 Å². The highest BCUT2D eigenvalue weighted by Crippen LogP contribution is 2.36. The predicted octanol–water partition coefficient (Wildman–Crippen LogP) is 3.71. The standard InChI is InChI=1S/C19H23N3O2/c1-19(2,3)22-16(12-20-17(22)21-18(23)24-4)15-11-7-9-13-8-5-6-10-14(13)15/h5-11,16H,12H2,1-4H3,(H,20,21,23). The van der Waals surface area contributed by atoms with Gasteiger partial charge in [0.1, 0.15) is 0 Å². The van der Waals surface area contributed by atoms with Gasteiger partial charge in [0.2, 0.25) is 5.96 Å². The number of nitrogens with zero attached hydrogens (tertiary/aromatic N) is 2. The van der Waals surface area contributed by atoms with E-state index in [-0.39, 0.29) is 11.6 Å². The lowest BCUT2D eigenvalue weighted by atomic mass is 9.95. The van der Waals surface area contributed by atoms with E-state index in [1.165, 1.54) is 23.4 Å². The molecule has 1 N–H and O–H groups in total. The fourth-order valence-corrected chi connectivity index (χ4v) is 3.28. The highest BCUT2D eigenvalue weighted by atomic mass is 16.5. The number of ether oxygens (including phenoxy) is 1. The van der Waals surface area contributed by atoms with Crippen molar-refractivity contribution in [3.05, 3.63) is 48.0 Å². The van der Waals surface area contributed by atoms with Gasteiger partial charge in [-0.3, -0.25) is 10.3 Å². The minimum atomic E-state index is -0.499. The van der Waals surface area contributed by atoms with Crippen molar-refractivity contribution in [2.24, 2.45) is 4.99 Å². The molecule has 0 aromatic heterocycles. The summed E-state index contributed by atoms with van der Waals surface area (Å²) in [5, 5.41) is 5.17. The first-order valence-electron chi connectivity index (χ1n) is 8.08. The fraction of sp³-hybridized carbons (Fsp3) is 0.368. The molecule has 2 aromatic rings. The zero-order valence-corrected chi connectivity index (χ0v) is 14.5. The highest BCUT2D eigenvalue weighted by Gasteiger charge is 2.38. The molecule has 0 fully saturated rings. The molecule has 0 radical (unpaired) electrons. The number of amides is 1. The molecule has 1 unspecified atom stereocenters. The van der Waals surface area contributed by atoms with Crippen molar-refractivity contribution < 1.29 is 9.53 Å². The van der Waals surface area contributed by atoms with Crippen LogP contribution in [0.5, 0.6) is 0 Å². The van der Waals surface area contributed by atoms with E-state index in [1.54, 1.807) is 0 Å². The van der Waals surface area contributed by atoms with E-state index in [9.17, 15) is 4.79 Å². The van der Waals surface area contributed by atoms with Crippen molar-refractivity contribution in [1.82, 2.24) is 10.2 Å². The van der Waals surface area contributed by atoms with Crippen LogP contribution < -0.4 is 5.32 Å². The molecule has 1 heterocycles. The Kier molecular flexibility index (Phi) is 4.18. The molecule has 126 valence electrons. The van der Waals surface area contributed by atoms with Crippen LogP contribution >= 0.6 is 0 Å². The zero-order valence-electron chi connectivity index (χ0n) is 14.5. The lowest BCUT2D eigenvalue weighted by Crippen LogP contribution is -2.51. The average Bonchev–Trinajstić information content (AvgIpc) is 2.97. The first kappa shape index (κ1) is 16.3. The summed E-state index contributed by atoms with van der Waals surface area (Å²) in [6.45, 7) is 6.95. The van der Waals surface area contributed by atoms with E-state index in [4.69, 9.17) is 4.74 Å². The van der Waals surface area contributed by atoms with Gasteiger partial charge in [-0.2, -0.15) is 0 Å². The second-order valence-corrected chi connectivity index (χ2v) is 6.91. The quantitative estimate of drug-likeness (QED) is 0.869. The number of fused-ring (bicyclic) bond motifs is 1. The smallest absolute Gasteiger partial charge is 0.413 e. The summed E-state index contributed by atoms with van der Waals surface area (Å²) >= 11 is 0. The highest BCUT2D eigenvalue weighted by molar-refractivity contribution is 5.96. The molecule has 1 aliphatic rings. The third kappa shape index (κ3) is 2.94. The molecule has 0 spiro atoms. The summed E-state index contributed by atoms with van der Waals surface area (Å²) in [6, 6.07) is 14.7. The number of rotatable bonds is 1. The van der Waals surface area contributed by atoms with Gasteiger partial charge in [0.15, 0.2) is 0 Å². The molecule has 3 rings (SSSR count). The van der Waals surface area contributed by atoms with Crippen LogP contribution in [0, 0.1) is 0 Å². The fourth-order valence-electron chi connectivity index (χ4n) is 3.28. The van der Waals surface area contributed by atoms with Crippen molar-refractivity contribution >= 4 is 22.8 Å². The molecular weight excluding hydrogens is 302 g/mol. The number of guanidine groups is 1. The van der Waals surface area contributed by atoms with Gasteiger partial charge < -0.3 is 9.64 Å². The van der Waals surface area contributed by atoms with Crippen LogP contribution in [0.25, 0.3) is 10.8 Å². The second-order valence-electron chi connectivity index (χ2n) is 6.91. The van der Waals surface area contributed by atoms with Crippen molar-refractivity contribution in [3.8, 4) is 0 Å². The molecule has 24 heavy (non-hydrogen) atoms. The Morgan fingerprint density at radius 2 is 1.92 bits per heavy atom. The molecule has 1 amide bonds. The van der Waals surface area contributed by atoms with E-state index in [2.05, 4.69) is 72.4 Å². The van der Waals surface area contributed by atoms with Crippen LogP contribution in [-0.2, 0) is 4.74 Å². The third-order valence-electron chi connectivity index (χ3n) is 4.26. The molecule has 5 heteroatoms. The van der Waals surface area contributed by atoms with Crippen LogP contribution in [0.4, 0.5) is 4.79 Å². The maximum absolute atomic E-state index is 11.7. The number of carbonyl (C=O) groups excluding carboxylic acids is 1. The Morgan fingerprint density at radius 1 is 1.21 bits per heavy atom. The van der Waals surface area contributed by atoms with Crippen LogP contribution in [0.1, 0.15) is 32.4 Å². The van der Waals surface area contributed by atoms with Crippen LogP contribution in [0.2, 0.25) is 0 Å². The zero-order chi connectivity index (χ0) is 17.3. The summed E-state index contributed by atoms with van der Waals surface area (Å²) in [5.74, 6) is 0.562. The monoisotopic (exact) mass is 325 g/mol. The minimum absolute atomic E-state index is 0.0725. The summed E-state index contributed by atoms with van der Waals surface area (Å²) in [6.07, 6.45) is -0.499. The van der Waals surface area contributed by atoms with Crippen molar-refractivity contribution in [1.29, 1.82) is 0 Å². The number of nitrogens with one attached hydrogen (secondary N) is 1. The topological polar surface area (TPSA) is 53.9 Å². The molecule has 1 aliphatic heterocycles. The number of aliphatic imine (C=N–C) groups is 1. The van der Waals surface area contributed by atoms with Gasteiger partial charge in [0, 0.05) is 5.54 Å². The van der Waals surface area contributed by atoms with Crippen LogP contribution in [-0.4, -0.2) is 36.1 Å². The Balaban J connectivity index is 2.03. The maximum atomic E-state index is 11.7. The number of benzene rings is 2. The Hall–Kier alpha value is -2.56. The molecule has 0 saturated carbocycles. The first-order valence-corrected chi connectivity index (χ1v) is 8.08. The van der Waals surface area contributed by atoms with Crippen LogP contribution in [0.15, 0.2) is 47.5 Å². The second kappa shape index (κ2) is 6.15. The van der Waals surface area contributed by atoms with E-state index in [0.717, 1.165) is 0 Å². The summed E-state index contributed by atoms with van der Waals surface area (Å²) in [7, 11) is 1.36. The number of hydrogen-bond acceptors (Lipinski definition) is 4. The molecule has 1 atom stereocenters. The van der Waals surface area contributed by atoms with Gasteiger partial charge in [-0.25, -0.2) is 4.79 Å². The summed E-state index contributed by atoms with van der Waals surface area (Å²) < 4.78 is 4.73. The number of methoxy groups -OCH3 is 1. The Morgan fingerprint density at radius 3 is 2.62 bits per heavy atom. The first-order chi connectivity index (χ1) is 11.4. The molecule has 0 saturated heterocycles. The normalized spacial score (nSPS) is 17.8. The Bertz CT molecular complexity index is 787. The van der Waals surface area contributed by atoms with Crippen molar-refractivity contribution in [3.63, 3.8) is 0 Å². The maximum Gasteiger partial charge on any atom is 0.413 e. The molecule has 2 aromatic carbocycles. The van der Waals surface area contributed by atoms with E-state index < -0.39 is 6.09 Å². The largest absolute Gasteiger partial charge is 0.453 e. The van der Waals surface area contributed by atoms with Gasteiger partial charge in [0.25, 0.3) is 0 Å². The number of carbonyl (C=O) groups is 1. The molecule has 0 bridgehead atoms. The SMILES string of the molecule is COC(=O)NC1=NCC(c2cccc3ccccc23)N1C(C)(C)C. The van der Waals surface area contributed by atoms with Crippen molar-refractivity contribution in [2.45, 2.75) is 32.4 Å². The van der Waals surface area contributed by atoms with E-state index in [1.807, 2.05) is 6.07 Å². The van der Waals surface area contributed by atoms with Gasteiger partial charge in [0.05, 0.1) is 19.7 Å². The van der Waals surface area contributed by atoms with Gasteiger partial charge in [-0.1, -0.05) is 42.5 Å². The summed E-state index contributed by atoms with van der Waals surface area (Å²) in [4.78, 5) is 18.4. The van der Waals surface area contributed by atoms with Gasteiger partial charge in [-0.05, 0) is 37.1 Å². The molecule has 5 nitrogen and oxygen atoms in total. The van der Waals surface area contributed by atoms with Gasteiger partial charge in [-0.15, -0.1) is 0 Å². The lowest BCUT2D eigenvalue weighted by Gasteiger charge is -2.39. The third-order valence-corrected chi connectivity index (χ3v) is 4.26. The minimum Gasteiger partial charge on any atom is -0.453 e. The molecule has 0 aliphatic carbocycles. The van der Waals surface area contributed by atoms with Crippen molar-refractivity contribution in [2.75, 3.05) is 13.7 Å².